The van der Waals surface area contributed by atoms with E-state index in [1.165, 1.54) is 89.0 Å². The van der Waals surface area contributed by atoms with Crippen molar-refractivity contribution in [3.63, 3.8) is 0 Å². The Kier molecular flexibility index (Phi) is 13.2. The van der Waals surface area contributed by atoms with E-state index in [0.717, 1.165) is 30.9 Å². The van der Waals surface area contributed by atoms with Crippen LogP contribution in [0.25, 0.3) is 0 Å². The summed E-state index contributed by atoms with van der Waals surface area (Å²) >= 11 is 0. The van der Waals surface area contributed by atoms with Gasteiger partial charge >= 0.3 is 0 Å². The minimum atomic E-state index is -0.843. The number of rotatable bonds is 17. The first-order valence-corrected chi connectivity index (χ1v) is 12.6. The molecule has 0 N–H and O–H groups in total. The molecule has 1 aromatic rings. The molecule has 2 heteroatoms. The molecule has 29 heavy (non-hydrogen) atoms. The SMILES string of the molecule is CCCCCCC(F)COc1ccccc1CCCCCCCCC1CCCC1. The van der Waals surface area contributed by atoms with Gasteiger partial charge in [0.05, 0.1) is 0 Å². The van der Waals surface area contributed by atoms with Crippen LogP contribution in [0.4, 0.5) is 4.39 Å². The van der Waals surface area contributed by atoms with Crippen molar-refractivity contribution in [1.82, 2.24) is 0 Å². The molecule has 0 aromatic heterocycles. The summed E-state index contributed by atoms with van der Waals surface area (Å²) in [5.74, 6) is 1.94. The van der Waals surface area contributed by atoms with Crippen LogP contribution in [0.3, 0.4) is 0 Å². The molecule has 0 amide bonds. The second kappa shape index (κ2) is 15.7. The van der Waals surface area contributed by atoms with E-state index < -0.39 is 6.17 Å². The predicted molar refractivity (Wildman–Crippen MR) is 124 cm³/mol. The molecule has 1 unspecified atom stereocenters. The van der Waals surface area contributed by atoms with Crippen LogP contribution in [0.5, 0.6) is 5.75 Å². The number of hydrogen-bond donors (Lipinski definition) is 0. The molecule has 1 fully saturated rings. The van der Waals surface area contributed by atoms with Gasteiger partial charge < -0.3 is 4.74 Å². The van der Waals surface area contributed by atoms with Gasteiger partial charge in [-0.05, 0) is 36.8 Å². The summed E-state index contributed by atoms with van der Waals surface area (Å²) in [5.41, 5.74) is 1.24. The quantitative estimate of drug-likeness (QED) is 0.236. The number of halogens is 1. The fourth-order valence-electron chi connectivity index (χ4n) is 4.66. The van der Waals surface area contributed by atoms with Crippen molar-refractivity contribution in [2.75, 3.05) is 6.61 Å². The molecule has 166 valence electrons. The number of hydrogen-bond acceptors (Lipinski definition) is 1. The normalized spacial score (nSPS) is 15.7. The van der Waals surface area contributed by atoms with E-state index in [-0.39, 0.29) is 6.61 Å². The molecule has 0 spiro atoms. The molecule has 1 saturated carbocycles. The zero-order valence-corrected chi connectivity index (χ0v) is 19.0. The molecule has 0 heterocycles. The van der Waals surface area contributed by atoms with Crippen LogP contribution in [0.15, 0.2) is 24.3 Å². The Labute approximate surface area is 179 Å². The topological polar surface area (TPSA) is 9.23 Å². The smallest absolute Gasteiger partial charge is 0.134 e. The summed E-state index contributed by atoms with van der Waals surface area (Å²) in [7, 11) is 0. The molecule has 2 rings (SSSR count). The Morgan fingerprint density at radius 2 is 1.59 bits per heavy atom. The van der Waals surface area contributed by atoms with E-state index >= 15 is 0 Å². The van der Waals surface area contributed by atoms with Crippen molar-refractivity contribution in [2.24, 2.45) is 5.92 Å². The average Bonchev–Trinajstić information content (AvgIpc) is 3.26. The van der Waals surface area contributed by atoms with Crippen molar-refractivity contribution in [1.29, 1.82) is 0 Å². The number of ether oxygens (including phenoxy) is 1. The van der Waals surface area contributed by atoms with E-state index in [1.54, 1.807) is 0 Å². The lowest BCUT2D eigenvalue weighted by Gasteiger charge is -2.14. The van der Waals surface area contributed by atoms with Gasteiger partial charge in [-0.15, -0.1) is 0 Å². The number of para-hydroxylation sites is 1. The first-order chi connectivity index (χ1) is 14.3. The Morgan fingerprint density at radius 1 is 0.897 bits per heavy atom. The highest BCUT2D eigenvalue weighted by Crippen LogP contribution is 2.29. The maximum Gasteiger partial charge on any atom is 0.134 e. The van der Waals surface area contributed by atoms with Crippen LogP contribution >= 0.6 is 0 Å². The lowest BCUT2D eigenvalue weighted by Crippen LogP contribution is -2.13. The fourth-order valence-corrected chi connectivity index (χ4v) is 4.66. The molecule has 0 aliphatic heterocycles. The van der Waals surface area contributed by atoms with Crippen LogP contribution in [0, 0.1) is 5.92 Å². The number of aryl methyl sites for hydroxylation is 1. The highest BCUT2D eigenvalue weighted by molar-refractivity contribution is 5.33. The van der Waals surface area contributed by atoms with Crippen molar-refractivity contribution >= 4 is 0 Å². The van der Waals surface area contributed by atoms with E-state index in [2.05, 4.69) is 19.1 Å². The standard InChI is InChI=1S/C27H45FO/c1-2-3-4-11-21-26(28)23-29-27-22-15-14-20-25(27)19-10-8-6-5-7-9-16-24-17-12-13-18-24/h14-15,20,22,24,26H,2-13,16-19,21,23H2,1H3. The van der Waals surface area contributed by atoms with Crippen molar-refractivity contribution in [3.8, 4) is 5.75 Å². The number of unbranched alkanes of at least 4 members (excludes halogenated alkanes) is 8. The summed E-state index contributed by atoms with van der Waals surface area (Å²) in [6.45, 7) is 2.38. The first-order valence-electron chi connectivity index (χ1n) is 12.6. The minimum absolute atomic E-state index is 0.199. The first kappa shape index (κ1) is 24.2. The van der Waals surface area contributed by atoms with Gasteiger partial charge in [0.2, 0.25) is 0 Å². The monoisotopic (exact) mass is 404 g/mol. The van der Waals surface area contributed by atoms with Crippen LogP contribution in [0.2, 0.25) is 0 Å². The van der Waals surface area contributed by atoms with Crippen molar-refractivity contribution in [2.45, 2.75) is 122 Å². The lowest BCUT2D eigenvalue weighted by molar-refractivity contribution is 0.182. The third kappa shape index (κ3) is 11.1. The van der Waals surface area contributed by atoms with E-state index in [4.69, 9.17) is 4.74 Å². The predicted octanol–water partition coefficient (Wildman–Crippen LogP) is 8.84. The van der Waals surface area contributed by atoms with Gasteiger partial charge in [-0.1, -0.05) is 115 Å². The molecule has 1 aliphatic rings. The molecule has 0 saturated heterocycles. The molecule has 1 aliphatic carbocycles. The molecular formula is C27H45FO. The van der Waals surface area contributed by atoms with Crippen LogP contribution in [-0.4, -0.2) is 12.8 Å². The van der Waals surface area contributed by atoms with Crippen LogP contribution in [0.1, 0.15) is 115 Å². The zero-order chi connectivity index (χ0) is 20.6. The highest BCUT2D eigenvalue weighted by atomic mass is 19.1. The second-order valence-corrected chi connectivity index (χ2v) is 9.18. The molecule has 0 bridgehead atoms. The van der Waals surface area contributed by atoms with Gasteiger partial charge in [-0.2, -0.15) is 0 Å². The van der Waals surface area contributed by atoms with E-state index in [0.29, 0.717) is 6.42 Å². The summed E-state index contributed by atoms with van der Waals surface area (Å²) in [6, 6.07) is 8.22. The van der Waals surface area contributed by atoms with Gasteiger partial charge in [0, 0.05) is 0 Å². The maximum absolute atomic E-state index is 14.1. The fraction of sp³-hybridized carbons (Fsp3) is 0.778. The third-order valence-corrected chi connectivity index (χ3v) is 6.55. The summed E-state index contributed by atoms with van der Waals surface area (Å²) in [6.07, 6.45) is 20.8. The summed E-state index contributed by atoms with van der Waals surface area (Å²) in [5, 5.41) is 0. The van der Waals surface area contributed by atoms with Gasteiger partial charge in [0.25, 0.3) is 0 Å². The zero-order valence-electron chi connectivity index (χ0n) is 19.0. The Hall–Kier alpha value is -1.05. The van der Waals surface area contributed by atoms with Gasteiger partial charge in [0.15, 0.2) is 0 Å². The molecule has 1 atom stereocenters. The van der Waals surface area contributed by atoms with Crippen LogP contribution in [-0.2, 0) is 6.42 Å². The number of benzene rings is 1. The lowest BCUT2D eigenvalue weighted by atomic mass is 9.98. The third-order valence-electron chi connectivity index (χ3n) is 6.55. The Bertz CT molecular complexity index is 509. The maximum atomic E-state index is 14.1. The minimum Gasteiger partial charge on any atom is -0.490 e. The summed E-state index contributed by atoms with van der Waals surface area (Å²) in [4.78, 5) is 0. The van der Waals surface area contributed by atoms with E-state index in [1.807, 2.05) is 12.1 Å². The van der Waals surface area contributed by atoms with E-state index in [9.17, 15) is 4.39 Å². The average molecular weight is 405 g/mol. The highest BCUT2D eigenvalue weighted by Gasteiger charge is 2.14. The molecular weight excluding hydrogens is 359 g/mol. The van der Waals surface area contributed by atoms with Gasteiger partial charge in [-0.25, -0.2) is 4.39 Å². The summed E-state index contributed by atoms with van der Waals surface area (Å²) < 4.78 is 19.9. The van der Waals surface area contributed by atoms with Crippen LogP contribution < -0.4 is 4.74 Å². The second-order valence-electron chi connectivity index (χ2n) is 9.18. The van der Waals surface area contributed by atoms with Gasteiger partial charge in [-0.3, -0.25) is 0 Å². The largest absolute Gasteiger partial charge is 0.490 e. The molecule has 0 radical (unpaired) electrons. The van der Waals surface area contributed by atoms with Crippen molar-refractivity contribution in [3.05, 3.63) is 29.8 Å². The van der Waals surface area contributed by atoms with Gasteiger partial charge in [0.1, 0.15) is 18.5 Å². The Balaban J connectivity index is 1.53. The number of alkyl halides is 1. The molecule has 1 aromatic carbocycles. The Morgan fingerprint density at radius 3 is 2.38 bits per heavy atom. The molecule has 1 nitrogen and oxygen atoms in total. The van der Waals surface area contributed by atoms with Crippen molar-refractivity contribution < 1.29 is 9.13 Å².